The Morgan fingerprint density at radius 2 is 0.712 bits per heavy atom. The Morgan fingerprint density at radius 3 is 1.36 bits per heavy atom. The van der Waals surface area contributed by atoms with Crippen molar-refractivity contribution in [3.05, 3.63) is 249 Å². The van der Waals surface area contributed by atoms with Gasteiger partial charge in [-0.2, -0.15) is 0 Å². The van der Waals surface area contributed by atoms with E-state index < -0.39 is 24.2 Å². The van der Waals surface area contributed by atoms with Crippen molar-refractivity contribution in [2.75, 3.05) is 4.90 Å². The second-order valence-corrected chi connectivity index (χ2v) is 14.3. The van der Waals surface area contributed by atoms with Crippen molar-refractivity contribution in [3.63, 3.8) is 0 Å². The molecule has 0 radical (unpaired) electrons. The summed E-state index contributed by atoms with van der Waals surface area (Å²) >= 11 is 0. The molecule has 278 valence electrons. The molecule has 0 saturated heterocycles. The Kier molecular flexibility index (Phi) is 7.54. The van der Waals surface area contributed by atoms with Gasteiger partial charge in [-0.1, -0.05) is 200 Å². The number of anilines is 3. The van der Waals surface area contributed by atoms with Gasteiger partial charge in [-0.15, -0.1) is 0 Å². The average molecular weight is 760 g/mol. The Bertz CT molecular complexity index is 3420. The number of benzene rings is 10. The maximum absolute atomic E-state index is 9.66. The van der Waals surface area contributed by atoms with Crippen molar-refractivity contribution >= 4 is 27.8 Å². The van der Waals surface area contributed by atoms with Crippen LogP contribution in [-0.2, 0) is 0 Å². The average Bonchev–Trinajstić information content (AvgIpc) is 3.38. The van der Waals surface area contributed by atoms with E-state index in [0.717, 1.165) is 55.3 Å². The topological polar surface area (TPSA) is 3.24 Å². The molecule has 0 aliphatic carbocycles. The summed E-state index contributed by atoms with van der Waals surface area (Å²) in [5, 5.41) is 2.11. The molecule has 0 amide bonds. The number of hydrogen-bond donors (Lipinski definition) is 0. The molecular weight excluding hydrogens is 711 g/mol. The van der Waals surface area contributed by atoms with Crippen LogP contribution in [0.5, 0.6) is 0 Å². The SMILES string of the molecule is [2H]c1c([2H])c(N(c2ccc(-c3ccccc3)cc2)c2c([2H])c([2H])c(-c3ccc(-c4ccccc4)c(-c4ccccc4)c3)c([2H])c2[2H])c([2H])c([2H])c1-c1cccc(-c2cccc3ccccc23)c1. The quantitative estimate of drug-likeness (QED) is 0.142. The third kappa shape index (κ3) is 7.34. The molecule has 1 nitrogen and oxygen atoms in total. The van der Waals surface area contributed by atoms with Crippen LogP contribution < -0.4 is 4.90 Å². The predicted molar refractivity (Wildman–Crippen MR) is 251 cm³/mol. The van der Waals surface area contributed by atoms with Crippen LogP contribution in [0.25, 0.3) is 77.5 Å². The number of nitrogens with zero attached hydrogens (tertiary/aromatic N) is 1. The first-order valence-corrected chi connectivity index (χ1v) is 19.6. The molecule has 10 aromatic rings. The molecule has 0 bridgehead atoms. The van der Waals surface area contributed by atoms with Gasteiger partial charge in [0, 0.05) is 17.1 Å². The fourth-order valence-corrected chi connectivity index (χ4v) is 7.67. The van der Waals surface area contributed by atoms with Crippen LogP contribution in [0.3, 0.4) is 0 Å². The van der Waals surface area contributed by atoms with E-state index in [1.54, 1.807) is 18.2 Å². The van der Waals surface area contributed by atoms with Gasteiger partial charge in [0.15, 0.2) is 0 Å². The lowest BCUT2D eigenvalue weighted by Crippen LogP contribution is -2.09. The summed E-state index contributed by atoms with van der Waals surface area (Å²) < 4.78 is 76.7. The Balaban J connectivity index is 1.16. The summed E-state index contributed by atoms with van der Waals surface area (Å²) in [6, 6.07) is 61.1. The second kappa shape index (κ2) is 16.0. The van der Waals surface area contributed by atoms with Gasteiger partial charge in [0.1, 0.15) is 0 Å². The summed E-state index contributed by atoms with van der Waals surface area (Å²) in [4.78, 5) is 1.35. The van der Waals surface area contributed by atoms with Crippen LogP contribution in [-0.4, -0.2) is 0 Å². The van der Waals surface area contributed by atoms with Gasteiger partial charge in [-0.05, 0) is 126 Å². The van der Waals surface area contributed by atoms with Gasteiger partial charge in [0.25, 0.3) is 0 Å². The van der Waals surface area contributed by atoms with Crippen LogP contribution in [0, 0.1) is 0 Å². The van der Waals surface area contributed by atoms with Gasteiger partial charge in [0.2, 0.25) is 0 Å². The van der Waals surface area contributed by atoms with E-state index in [1.165, 1.54) is 4.90 Å². The van der Waals surface area contributed by atoms with E-state index in [-0.39, 0.29) is 46.7 Å². The fourth-order valence-electron chi connectivity index (χ4n) is 7.67. The molecule has 59 heavy (non-hydrogen) atoms. The van der Waals surface area contributed by atoms with Crippen molar-refractivity contribution in [3.8, 4) is 66.8 Å². The van der Waals surface area contributed by atoms with Crippen molar-refractivity contribution < 1.29 is 11.0 Å². The fraction of sp³-hybridized carbons (Fsp3) is 0. The predicted octanol–water partition coefficient (Wildman–Crippen LogP) is 16.3. The van der Waals surface area contributed by atoms with Crippen molar-refractivity contribution in [1.82, 2.24) is 0 Å². The van der Waals surface area contributed by atoms with E-state index in [4.69, 9.17) is 0 Å². The molecule has 10 rings (SSSR count). The van der Waals surface area contributed by atoms with Crippen molar-refractivity contribution in [2.45, 2.75) is 0 Å². The molecule has 1 heteroatoms. The van der Waals surface area contributed by atoms with Gasteiger partial charge < -0.3 is 4.90 Å². The Labute approximate surface area is 358 Å². The largest absolute Gasteiger partial charge is 0.311 e. The lowest BCUT2D eigenvalue weighted by Gasteiger charge is -2.26. The molecule has 0 unspecified atom stereocenters. The number of rotatable bonds is 9. The van der Waals surface area contributed by atoms with Gasteiger partial charge in [0.05, 0.1) is 11.0 Å². The standard InChI is InChI=1S/C58H41N/c1-4-14-42(15-5-1)43-26-33-52(34-27-43)59(53-35-28-44(29-36-53)49-22-12-23-51(40-49)56-25-13-21-47-20-10-11-24-55(47)56)54-37-30-45(31-38-54)50-32-39-57(46-16-6-2-7-17-46)58(41-50)48-18-8-3-9-19-48/h1-41H/i28D,29D,30D,31D,35D,36D,37D,38D. The first kappa shape index (κ1) is 27.8. The second-order valence-electron chi connectivity index (χ2n) is 14.3. The van der Waals surface area contributed by atoms with E-state index >= 15 is 0 Å². The van der Waals surface area contributed by atoms with E-state index in [9.17, 15) is 11.0 Å². The molecule has 0 saturated carbocycles. The van der Waals surface area contributed by atoms with Crippen LogP contribution in [0.2, 0.25) is 0 Å². The first-order chi connectivity index (χ1) is 32.6. The molecule has 0 spiro atoms. The Hall–Kier alpha value is -7.74. The minimum absolute atomic E-state index is 0.0934. The molecule has 0 aromatic heterocycles. The Morgan fingerprint density at radius 1 is 0.254 bits per heavy atom. The molecule has 0 aliphatic rings. The van der Waals surface area contributed by atoms with Crippen LogP contribution in [0.1, 0.15) is 11.0 Å². The summed E-state index contributed by atoms with van der Waals surface area (Å²) in [6.45, 7) is 0. The zero-order valence-corrected chi connectivity index (χ0v) is 32.0. The highest BCUT2D eigenvalue weighted by Gasteiger charge is 2.15. The third-order valence-corrected chi connectivity index (χ3v) is 10.6. The zero-order chi connectivity index (χ0) is 46.3. The van der Waals surface area contributed by atoms with Crippen LogP contribution in [0.15, 0.2) is 249 Å². The van der Waals surface area contributed by atoms with Gasteiger partial charge in [-0.25, -0.2) is 0 Å². The summed E-state index contributed by atoms with van der Waals surface area (Å²) in [7, 11) is 0. The lowest BCUT2D eigenvalue weighted by atomic mass is 9.91. The lowest BCUT2D eigenvalue weighted by molar-refractivity contribution is 1.28. The highest BCUT2D eigenvalue weighted by atomic mass is 15.1. The smallest absolute Gasteiger partial charge is 0.0645 e. The number of fused-ring (bicyclic) bond motifs is 1. The normalized spacial score (nSPS) is 12.9. The minimum Gasteiger partial charge on any atom is -0.311 e. The zero-order valence-electron chi connectivity index (χ0n) is 40.0. The molecule has 10 aromatic carbocycles. The summed E-state index contributed by atoms with van der Waals surface area (Å²) in [6.07, 6.45) is 0. The molecule has 0 atom stereocenters. The molecule has 0 heterocycles. The molecule has 0 aliphatic heterocycles. The van der Waals surface area contributed by atoms with Gasteiger partial charge >= 0.3 is 0 Å². The van der Waals surface area contributed by atoms with Crippen molar-refractivity contribution in [1.29, 1.82) is 0 Å². The highest BCUT2D eigenvalue weighted by molar-refractivity contribution is 5.97. The van der Waals surface area contributed by atoms with E-state index in [0.29, 0.717) is 16.8 Å². The minimum atomic E-state index is -0.403. The first-order valence-electron chi connectivity index (χ1n) is 23.6. The maximum Gasteiger partial charge on any atom is 0.0645 e. The monoisotopic (exact) mass is 759 g/mol. The molecule has 0 fully saturated rings. The maximum atomic E-state index is 9.66. The number of hydrogen-bond acceptors (Lipinski definition) is 1. The van der Waals surface area contributed by atoms with Crippen molar-refractivity contribution in [2.24, 2.45) is 0 Å². The highest BCUT2D eigenvalue weighted by Crippen LogP contribution is 2.40. The molecular formula is C58H41N. The van der Waals surface area contributed by atoms with E-state index in [1.807, 2.05) is 182 Å². The van der Waals surface area contributed by atoms with Gasteiger partial charge in [-0.3, -0.25) is 0 Å². The van der Waals surface area contributed by atoms with E-state index in [2.05, 4.69) is 0 Å². The van der Waals surface area contributed by atoms with Crippen LogP contribution in [0.4, 0.5) is 17.1 Å². The summed E-state index contributed by atoms with van der Waals surface area (Å²) in [5.74, 6) is 0. The third-order valence-electron chi connectivity index (χ3n) is 10.6. The van der Waals surface area contributed by atoms with Crippen LogP contribution >= 0.6 is 0 Å². The molecule has 0 N–H and O–H groups in total. The summed E-state index contributed by atoms with van der Waals surface area (Å²) in [5.41, 5.74) is 8.44.